The number of fused-ring (bicyclic) bond motifs is 1. The van der Waals surface area contributed by atoms with Crippen LogP contribution in [0, 0.1) is 0 Å². The molecule has 3 N–H and O–H groups in total. The highest BCUT2D eigenvalue weighted by atomic mass is 35.5. The number of anilines is 5. The summed E-state index contributed by atoms with van der Waals surface area (Å²) in [6.45, 7) is 3.25. The van der Waals surface area contributed by atoms with Crippen molar-refractivity contribution in [2.75, 3.05) is 41.8 Å². The van der Waals surface area contributed by atoms with Crippen molar-refractivity contribution < 1.29 is 4.74 Å². The van der Waals surface area contributed by atoms with Crippen LogP contribution in [0.4, 0.5) is 28.8 Å². The molecule has 0 radical (unpaired) electrons. The molecular weight excluding hydrogens is 402 g/mol. The Balaban J connectivity index is 1.44. The first kappa shape index (κ1) is 18.7. The van der Waals surface area contributed by atoms with E-state index in [2.05, 4.69) is 47.8 Å². The van der Waals surface area contributed by atoms with E-state index < -0.39 is 0 Å². The average molecular weight is 422 g/mol. The lowest BCUT2D eigenvalue weighted by Gasteiger charge is -2.29. The van der Waals surface area contributed by atoms with Gasteiger partial charge in [0.1, 0.15) is 5.82 Å². The number of H-pyrrole nitrogens is 1. The van der Waals surface area contributed by atoms with Crippen LogP contribution in [0.1, 0.15) is 0 Å². The second kappa shape index (κ2) is 8.17. The molecule has 0 amide bonds. The number of rotatable bonds is 5. The molecule has 4 aromatic rings. The standard InChI is InChI=1S/C21H20ClN7O/c22-17-6-1-2-7-18(17)25-19-16-13-23-28-20(16)27-21(26-19)24-14-4-3-5-15(12-14)29-8-10-30-11-9-29/h1-7,12-13H,8-11H2,(H3,23,24,25,26,27,28). The van der Waals surface area contributed by atoms with Crippen molar-refractivity contribution in [1.29, 1.82) is 0 Å². The van der Waals surface area contributed by atoms with Crippen molar-refractivity contribution in [2.24, 2.45) is 0 Å². The average Bonchev–Trinajstić information content (AvgIpc) is 3.25. The molecule has 0 aliphatic carbocycles. The largest absolute Gasteiger partial charge is 0.378 e. The van der Waals surface area contributed by atoms with Gasteiger partial charge in [-0.05, 0) is 30.3 Å². The predicted octanol–water partition coefficient (Wildman–Crippen LogP) is 4.33. The number of nitrogens with one attached hydrogen (secondary N) is 3. The van der Waals surface area contributed by atoms with E-state index in [-0.39, 0.29) is 0 Å². The van der Waals surface area contributed by atoms with Gasteiger partial charge in [-0.15, -0.1) is 0 Å². The summed E-state index contributed by atoms with van der Waals surface area (Å²) in [5, 5.41) is 15.0. The van der Waals surface area contributed by atoms with Crippen molar-refractivity contribution in [2.45, 2.75) is 0 Å². The molecule has 1 aliphatic heterocycles. The summed E-state index contributed by atoms with van der Waals surface area (Å²) in [6, 6.07) is 15.7. The second-order valence-corrected chi connectivity index (χ2v) is 7.31. The molecule has 152 valence electrons. The van der Waals surface area contributed by atoms with Gasteiger partial charge in [-0.25, -0.2) is 0 Å². The number of aromatic nitrogens is 4. The summed E-state index contributed by atoms with van der Waals surface area (Å²) in [6.07, 6.45) is 1.69. The normalized spacial score (nSPS) is 14.1. The molecule has 0 spiro atoms. The first-order chi connectivity index (χ1) is 14.8. The van der Waals surface area contributed by atoms with Crippen LogP contribution in [0.2, 0.25) is 5.02 Å². The van der Waals surface area contributed by atoms with E-state index in [1.54, 1.807) is 6.20 Å². The fraction of sp³-hybridized carbons (Fsp3) is 0.190. The molecule has 8 nitrogen and oxygen atoms in total. The number of nitrogens with zero attached hydrogens (tertiary/aromatic N) is 4. The lowest BCUT2D eigenvalue weighted by Crippen LogP contribution is -2.36. The first-order valence-corrected chi connectivity index (χ1v) is 10.1. The molecule has 0 atom stereocenters. The van der Waals surface area contributed by atoms with E-state index in [0.717, 1.165) is 48.8 Å². The van der Waals surface area contributed by atoms with E-state index in [1.165, 1.54) is 0 Å². The zero-order valence-corrected chi connectivity index (χ0v) is 16.9. The number of benzene rings is 2. The minimum atomic E-state index is 0.459. The van der Waals surface area contributed by atoms with Crippen molar-refractivity contribution >= 4 is 51.5 Å². The molecule has 1 fully saturated rings. The predicted molar refractivity (Wildman–Crippen MR) is 119 cm³/mol. The topological polar surface area (TPSA) is 91.0 Å². The third kappa shape index (κ3) is 3.87. The summed E-state index contributed by atoms with van der Waals surface area (Å²) < 4.78 is 5.45. The van der Waals surface area contributed by atoms with Gasteiger partial charge in [-0.2, -0.15) is 15.1 Å². The molecule has 5 rings (SSSR count). The van der Waals surface area contributed by atoms with Crippen LogP contribution in [0.3, 0.4) is 0 Å². The highest BCUT2D eigenvalue weighted by Gasteiger charge is 2.14. The molecule has 2 aromatic carbocycles. The van der Waals surface area contributed by atoms with Crippen LogP contribution in [0.5, 0.6) is 0 Å². The summed E-state index contributed by atoms with van der Waals surface area (Å²) in [5.41, 5.74) is 3.44. The van der Waals surface area contributed by atoms with Gasteiger partial charge in [-0.1, -0.05) is 29.8 Å². The Hall–Kier alpha value is -3.36. The third-order valence-electron chi connectivity index (χ3n) is 4.92. The highest BCUT2D eigenvalue weighted by Crippen LogP contribution is 2.29. The maximum Gasteiger partial charge on any atom is 0.231 e. The molecule has 0 unspecified atom stereocenters. The van der Waals surface area contributed by atoms with Crippen LogP contribution < -0.4 is 15.5 Å². The van der Waals surface area contributed by atoms with E-state index >= 15 is 0 Å². The minimum absolute atomic E-state index is 0.459. The van der Waals surface area contributed by atoms with Gasteiger partial charge in [0.25, 0.3) is 0 Å². The Labute approximate surface area is 178 Å². The first-order valence-electron chi connectivity index (χ1n) is 9.69. The van der Waals surface area contributed by atoms with E-state index in [9.17, 15) is 0 Å². The molecule has 1 aliphatic rings. The quantitative estimate of drug-likeness (QED) is 0.441. The molecule has 3 heterocycles. The Morgan fingerprint density at radius 2 is 1.87 bits per heavy atom. The van der Waals surface area contributed by atoms with Crippen LogP contribution in [0.15, 0.2) is 54.7 Å². The highest BCUT2D eigenvalue weighted by molar-refractivity contribution is 6.33. The lowest BCUT2D eigenvalue weighted by molar-refractivity contribution is 0.122. The number of ether oxygens (including phenoxy) is 1. The zero-order valence-electron chi connectivity index (χ0n) is 16.1. The van der Waals surface area contributed by atoms with Crippen molar-refractivity contribution in [3.8, 4) is 0 Å². The van der Waals surface area contributed by atoms with Crippen LogP contribution in [-0.2, 0) is 4.74 Å². The van der Waals surface area contributed by atoms with E-state index in [1.807, 2.05) is 36.4 Å². The summed E-state index contributed by atoms with van der Waals surface area (Å²) in [7, 11) is 0. The van der Waals surface area contributed by atoms with Crippen LogP contribution >= 0.6 is 11.6 Å². The third-order valence-corrected chi connectivity index (χ3v) is 5.24. The number of para-hydroxylation sites is 1. The minimum Gasteiger partial charge on any atom is -0.378 e. The number of morpholine rings is 1. The van der Waals surface area contributed by atoms with Gasteiger partial charge in [0.2, 0.25) is 5.95 Å². The van der Waals surface area contributed by atoms with Gasteiger partial charge < -0.3 is 20.3 Å². The Morgan fingerprint density at radius 1 is 1.00 bits per heavy atom. The molecule has 0 saturated carbocycles. The van der Waals surface area contributed by atoms with Crippen LogP contribution in [-0.4, -0.2) is 46.5 Å². The molecule has 9 heteroatoms. The Bertz CT molecular complexity index is 1170. The molecule has 0 bridgehead atoms. The molecule has 30 heavy (non-hydrogen) atoms. The van der Waals surface area contributed by atoms with Crippen molar-refractivity contribution in [3.05, 3.63) is 59.8 Å². The van der Waals surface area contributed by atoms with Crippen molar-refractivity contribution in [1.82, 2.24) is 20.2 Å². The van der Waals surface area contributed by atoms with Gasteiger partial charge in [0, 0.05) is 24.5 Å². The van der Waals surface area contributed by atoms with E-state index in [0.29, 0.717) is 22.4 Å². The smallest absolute Gasteiger partial charge is 0.231 e. The number of hydrogen-bond donors (Lipinski definition) is 3. The summed E-state index contributed by atoms with van der Waals surface area (Å²) in [4.78, 5) is 11.5. The van der Waals surface area contributed by atoms with Crippen LogP contribution in [0.25, 0.3) is 11.0 Å². The van der Waals surface area contributed by atoms with E-state index in [4.69, 9.17) is 16.3 Å². The maximum atomic E-state index is 6.30. The summed E-state index contributed by atoms with van der Waals surface area (Å²) in [5.74, 6) is 1.08. The van der Waals surface area contributed by atoms with Gasteiger partial charge in [-0.3, -0.25) is 5.10 Å². The second-order valence-electron chi connectivity index (χ2n) is 6.91. The number of halogens is 1. The molecular formula is C21H20ClN7O. The Kier molecular flexibility index (Phi) is 5.08. The monoisotopic (exact) mass is 421 g/mol. The van der Waals surface area contributed by atoms with Crippen molar-refractivity contribution in [3.63, 3.8) is 0 Å². The summed E-state index contributed by atoms with van der Waals surface area (Å²) >= 11 is 6.30. The number of aromatic amines is 1. The Morgan fingerprint density at radius 3 is 2.73 bits per heavy atom. The lowest BCUT2D eigenvalue weighted by atomic mass is 10.2. The maximum absolute atomic E-state index is 6.30. The molecule has 1 saturated heterocycles. The van der Waals surface area contributed by atoms with Gasteiger partial charge in [0.05, 0.1) is 35.5 Å². The molecule has 2 aromatic heterocycles. The SMILES string of the molecule is Clc1ccccc1Nc1nc(Nc2cccc(N3CCOCC3)c2)nc2[nH]ncc12. The fourth-order valence-electron chi connectivity index (χ4n) is 3.41. The zero-order chi connectivity index (χ0) is 20.3. The number of hydrogen-bond acceptors (Lipinski definition) is 7. The van der Waals surface area contributed by atoms with Gasteiger partial charge in [0.15, 0.2) is 5.65 Å². The fourth-order valence-corrected chi connectivity index (χ4v) is 3.59. The van der Waals surface area contributed by atoms with Gasteiger partial charge >= 0.3 is 0 Å².